The lowest BCUT2D eigenvalue weighted by molar-refractivity contribution is 0.0716. The number of amides is 1. The lowest BCUT2D eigenvalue weighted by atomic mass is 10.2. The predicted octanol–water partition coefficient (Wildman–Crippen LogP) is 1.32. The molecule has 5 heteroatoms. The molecule has 1 aromatic heterocycles. The molecule has 0 saturated heterocycles. The first-order valence-corrected chi connectivity index (χ1v) is 5.96. The first-order chi connectivity index (χ1) is 8.08. The summed E-state index contributed by atoms with van der Waals surface area (Å²) in [6.07, 6.45) is 5.07. The summed E-state index contributed by atoms with van der Waals surface area (Å²) in [4.78, 5) is 22.1. The summed E-state index contributed by atoms with van der Waals surface area (Å²) in [6.45, 7) is 4.99. The van der Waals surface area contributed by atoms with Gasteiger partial charge < -0.3 is 10.6 Å². The van der Waals surface area contributed by atoms with Gasteiger partial charge in [-0.25, -0.2) is 9.97 Å². The minimum absolute atomic E-state index is 0.0336. The Morgan fingerprint density at radius 2 is 2.18 bits per heavy atom. The van der Waals surface area contributed by atoms with Crippen molar-refractivity contribution in [2.45, 2.75) is 32.7 Å². The lowest BCUT2D eigenvalue weighted by Gasteiger charge is -2.23. The Labute approximate surface area is 101 Å². The second kappa shape index (κ2) is 4.69. The van der Waals surface area contributed by atoms with Crippen molar-refractivity contribution >= 4 is 11.7 Å². The van der Waals surface area contributed by atoms with Crippen molar-refractivity contribution in [3.05, 3.63) is 18.1 Å². The van der Waals surface area contributed by atoms with Gasteiger partial charge in [-0.05, 0) is 18.8 Å². The number of aromatic nitrogens is 2. The topological polar surface area (TPSA) is 72.1 Å². The third kappa shape index (κ3) is 2.93. The molecule has 1 saturated carbocycles. The first-order valence-electron chi connectivity index (χ1n) is 5.96. The van der Waals surface area contributed by atoms with Gasteiger partial charge in [-0.3, -0.25) is 4.79 Å². The van der Waals surface area contributed by atoms with Gasteiger partial charge in [-0.15, -0.1) is 0 Å². The van der Waals surface area contributed by atoms with Crippen LogP contribution in [0, 0.1) is 5.92 Å². The van der Waals surface area contributed by atoms with Gasteiger partial charge in [-0.1, -0.05) is 13.8 Å². The van der Waals surface area contributed by atoms with Gasteiger partial charge in [0.05, 0.1) is 12.4 Å². The molecule has 0 unspecified atom stereocenters. The van der Waals surface area contributed by atoms with E-state index in [0.717, 1.165) is 19.4 Å². The molecule has 0 atom stereocenters. The molecule has 0 radical (unpaired) electrons. The van der Waals surface area contributed by atoms with Crippen molar-refractivity contribution in [2.24, 2.45) is 5.92 Å². The zero-order chi connectivity index (χ0) is 12.4. The smallest absolute Gasteiger partial charge is 0.274 e. The monoisotopic (exact) mass is 234 g/mol. The van der Waals surface area contributed by atoms with Gasteiger partial charge in [0.2, 0.25) is 0 Å². The average Bonchev–Trinajstić information content (AvgIpc) is 3.09. The Balaban J connectivity index is 2.12. The molecule has 92 valence electrons. The number of nitrogens with zero attached hydrogens (tertiary/aromatic N) is 3. The SMILES string of the molecule is CC(C)CN(C(=O)c1cnc(N)cn1)C1CC1. The molecule has 0 aliphatic heterocycles. The van der Waals surface area contributed by atoms with Crippen LogP contribution in [0.15, 0.2) is 12.4 Å². The van der Waals surface area contributed by atoms with Crippen molar-refractivity contribution in [1.29, 1.82) is 0 Å². The van der Waals surface area contributed by atoms with Crippen molar-refractivity contribution in [3.8, 4) is 0 Å². The molecule has 0 bridgehead atoms. The summed E-state index contributed by atoms with van der Waals surface area (Å²) in [5, 5.41) is 0. The van der Waals surface area contributed by atoms with E-state index in [2.05, 4.69) is 23.8 Å². The van der Waals surface area contributed by atoms with Crippen LogP contribution in [-0.2, 0) is 0 Å². The van der Waals surface area contributed by atoms with Crippen molar-refractivity contribution in [1.82, 2.24) is 14.9 Å². The van der Waals surface area contributed by atoms with Gasteiger partial charge in [0.1, 0.15) is 11.5 Å². The molecular formula is C12H18N4O. The van der Waals surface area contributed by atoms with E-state index in [1.807, 2.05) is 4.90 Å². The Hall–Kier alpha value is -1.65. The van der Waals surface area contributed by atoms with Crippen LogP contribution < -0.4 is 5.73 Å². The maximum atomic E-state index is 12.3. The van der Waals surface area contributed by atoms with Gasteiger partial charge in [0.15, 0.2) is 0 Å². The molecule has 1 aromatic rings. The average molecular weight is 234 g/mol. The molecule has 17 heavy (non-hydrogen) atoms. The molecule has 1 amide bonds. The Morgan fingerprint density at radius 3 is 2.65 bits per heavy atom. The van der Waals surface area contributed by atoms with Crippen LogP contribution in [0.25, 0.3) is 0 Å². The second-order valence-corrected chi connectivity index (χ2v) is 4.91. The number of nitrogen functional groups attached to an aromatic ring is 1. The molecule has 2 rings (SSSR count). The van der Waals surface area contributed by atoms with Crippen LogP contribution in [0.1, 0.15) is 37.2 Å². The van der Waals surface area contributed by atoms with E-state index in [-0.39, 0.29) is 5.91 Å². The Bertz CT molecular complexity index is 397. The number of nitrogens with two attached hydrogens (primary N) is 1. The normalized spacial score (nSPS) is 15.0. The molecule has 0 aromatic carbocycles. The van der Waals surface area contributed by atoms with Gasteiger partial charge in [-0.2, -0.15) is 0 Å². The van der Waals surface area contributed by atoms with E-state index in [9.17, 15) is 4.79 Å². The fourth-order valence-corrected chi connectivity index (χ4v) is 1.77. The highest BCUT2D eigenvalue weighted by Gasteiger charge is 2.33. The Morgan fingerprint density at radius 1 is 1.47 bits per heavy atom. The summed E-state index contributed by atoms with van der Waals surface area (Å²) in [7, 11) is 0. The van der Waals surface area contributed by atoms with Crippen LogP contribution in [0.3, 0.4) is 0 Å². The van der Waals surface area contributed by atoms with Gasteiger partial charge in [0.25, 0.3) is 5.91 Å². The summed E-state index contributed by atoms with van der Waals surface area (Å²) in [5.74, 6) is 0.762. The van der Waals surface area contributed by atoms with E-state index in [1.165, 1.54) is 12.4 Å². The van der Waals surface area contributed by atoms with Crippen LogP contribution >= 0.6 is 0 Å². The fourth-order valence-electron chi connectivity index (χ4n) is 1.77. The van der Waals surface area contributed by atoms with Gasteiger partial charge >= 0.3 is 0 Å². The summed E-state index contributed by atoms with van der Waals surface area (Å²) in [5.41, 5.74) is 5.84. The Kier molecular flexibility index (Phi) is 3.26. The van der Waals surface area contributed by atoms with Crippen LogP contribution in [-0.4, -0.2) is 33.4 Å². The van der Waals surface area contributed by atoms with Crippen molar-refractivity contribution in [2.75, 3.05) is 12.3 Å². The van der Waals surface area contributed by atoms with Crippen LogP contribution in [0.5, 0.6) is 0 Å². The van der Waals surface area contributed by atoms with E-state index in [1.54, 1.807) is 0 Å². The highest BCUT2D eigenvalue weighted by Crippen LogP contribution is 2.28. The second-order valence-electron chi connectivity index (χ2n) is 4.91. The zero-order valence-corrected chi connectivity index (χ0v) is 10.3. The van der Waals surface area contributed by atoms with Crippen molar-refractivity contribution in [3.63, 3.8) is 0 Å². The van der Waals surface area contributed by atoms with E-state index in [4.69, 9.17) is 5.73 Å². The summed E-state index contributed by atoms with van der Waals surface area (Å²) < 4.78 is 0. The predicted molar refractivity (Wildman–Crippen MR) is 65.3 cm³/mol. The quantitative estimate of drug-likeness (QED) is 0.852. The molecule has 1 aliphatic carbocycles. The highest BCUT2D eigenvalue weighted by molar-refractivity contribution is 5.92. The number of carbonyl (C=O) groups excluding carboxylic acids is 1. The van der Waals surface area contributed by atoms with Crippen molar-refractivity contribution < 1.29 is 4.79 Å². The van der Waals surface area contributed by atoms with Gasteiger partial charge in [0, 0.05) is 12.6 Å². The maximum Gasteiger partial charge on any atom is 0.274 e. The number of hydrogen-bond donors (Lipinski definition) is 1. The standard InChI is InChI=1S/C12H18N4O/c1-8(2)7-16(9-3-4-9)12(17)10-5-15-11(13)6-14-10/h5-6,8-9H,3-4,7H2,1-2H3,(H2,13,15). The minimum Gasteiger partial charge on any atom is -0.382 e. The molecule has 2 N–H and O–H groups in total. The first kappa shape index (κ1) is 11.8. The molecule has 1 aliphatic rings. The summed E-state index contributed by atoms with van der Waals surface area (Å²) in [6, 6.07) is 0.393. The van der Waals surface area contributed by atoms with E-state index in [0.29, 0.717) is 23.5 Å². The minimum atomic E-state index is -0.0336. The number of anilines is 1. The number of rotatable bonds is 4. The number of carbonyl (C=O) groups is 1. The molecule has 1 fully saturated rings. The third-order valence-electron chi connectivity index (χ3n) is 2.70. The molecule has 0 spiro atoms. The fraction of sp³-hybridized carbons (Fsp3) is 0.583. The van der Waals surface area contributed by atoms with E-state index < -0.39 is 0 Å². The van der Waals surface area contributed by atoms with E-state index >= 15 is 0 Å². The van der Waals surface area contributed by atoms with Crippen LogP contribution in [0.2, 0.25) is 0 Å². The molecule has 1 heterocycles. The number of hydrogen-bond acceptors (Lipinski definition) is 4. The highest BCUT2D eigenvalue weighted by atomic mass is 16.2. The van der Waals surface area contributed by atoms with Crippen LogP contribution in [0.4, 0.5) is 5.82 Å². The zero-order valence-electron chi connectivity index (χ0n) is 10.3. The largest absolute Gasteiger partial charge is 0.382 e. The molecular weight excluding hydrogens is 216 g/mol. The maximum absolute atomic E-state index is 12.3. The third-order valence-corrected chi connectivity index (χ3v) is 2.70. The lowest BCUT2D eigenvalue weighted by Crippen LogP contribution is -2.36. The molecule has 5 nitrogen and oxygen atoms in total. The summed E-state index contributed by atoms with van der Waals surface area (Å²) >= 11 is 0.